The molecule has 4 atom stereocenters. The molecule has 0 saturated carbocycles. The first-order valence-electron chi connectivity index (χ1n) is 9.06. The molecule has 1 saturated heterocycles. The number of rotatable bonds is 5. The highest BCUT2D eigenvalue weighted by Crippen LogP contribution is 2.27. The quantitative estimate of drug-likeness (QED) is 0.867. The second-order valence-electron chi connectivity index (χ2n) is 7.46. The summed E-state index contributed by atoms with van der Waals surface area (Å²) < 4.78 is 0. The van der Waals surface area contributed by atoms with Crippen molar-refractivity contribution in [1.82, 2.24) is 4.90 Å². The molecule has 0 aromatic heterocycles. The predicted molar refractivity (Wildman–Crippen MR) is 97.8 cm³/mol. The van der Waals surface area contributed by atoms with Crippen molar-refractivity contribution in [2.24, 2.45) is 11.8 Å². The Morgan fingerprint density at radius 3 is 2.43 bits per heavy atom. The summed E-state index contributed by atoms with van der Waals surface area (Å²) in [6.07, 6.45) is 2.34. The van der Waals surface area contributed by atoms with E-state index < -0.39 is 0 Å². The summed E-state index contributed by atoms with van der Waals surface area (Å²) in [4.78, 5) is 15.1. The van der Waals surface area contributed by atoms with E-state index in [4.69, 9.17) is 0 Å². The topological polar surface area (TPSA) is 32.3 Å². The van der Waals surface area contributed by atoms with E-state index >= 15 is 0 Å². The van der Waals surface area contributed by atoms with E-state index in [2.05, 4.69) is 50.0 Å². The van der Waals surface area contributed by atoms with E-state index in [-0.39, 0.29) is 11.9 Å². The number of nitrogens with zero attached hydrogens (tertiary/aromatic N) is 1. The fourth-order valence-electron chi connectivity index (χ4n) is 3.69. The number of para-hydroxylation sites is 1. The van der Waals surface area contributed by atoms with Crippen molar-refractivity contribution < 1.29 is 4.79 Å². The van der Waals surface area contributed by atoms with Crippen LogP contribution in [0.15, 0.2) is 24.3 Å². The minimum absolute atomic E-state index is 0.0785. The number of anilines is 1. The van der Waals surface area contributed by atoms with Gasteiger partial charge in [0, 0.05) is 18.8 Å². The van der Waals surface area contributed by atoms with E-state index in [9.17, 15) is 4.79 Å². The highest BCUT2D eigenvalue weighted by molar-refractivity contribution is 5.95. The van der Waals surface area contributed by atoms with Crippen LogP contribution in [0.25, 0.3) is 0 Å². The molecule has 1 amide bonds. The standard InChI is InChI=1S/C20H32N2O/c1-6-16(4)18-9-7-8-10-19(18)21-20(23)17(5)22-12-14(2)11-15(3)13-22/h7-10,14-17H,6,11-13H2,1-5H3,(H,21,23). The van der Waals surface area contributed by atoms with Crippen LogP contribution in [0.1, 0.15) is 58.9 Å². The molecule has 1 N–H and O–H groups in total. The van der Waals surface area contributed by atoms with E-state index in [1.165, 1.54) is 12.0 Å². The van der Waals surface area contributed by atoms with Gasteiger partial charge in [0.25, 0.3) is 0 Å². The number of amides is 1. The third-order valence-corrected chi connectivity index (χ3v) is 5.19. The minimum atomic E-state index is -0.0785. The van der Waals surface area contributed by atoms with Crippen LogP contribution in [-0.4, -0.2) is 29.9 Å². The Kier molecular flexibility index (Phi) is 6.23. The molecule has 3 heteroatoms. The zero-order valence-electron chi connectivity index (χ0n) is 15.3. The third-order valence-electron chi connectivity index (χ3n) is 5.19. The Morgan fingerprint density at radius 1 is 1.22 bits per heavy atom. The lowest BCUT2D eigenvalue weighted by Gasteiger charge is -2.38. The maximum Gasteiger partial charge on any atom is 0.241 e. The average molecular weight is 316 g/mol. The van der Waals surface area contributed by atoms with Gasteiger partial charge in [-0.1, -0.05) is 45.9 Å². The lowest BCUT2D eigenvalue weighted by Crippen LogP contribution is -2.48. The molecule has 0 radical (unpaired) electrons. The molecular weight excluding hydrogens is 284 g/mol. The lowest BCUT2D eigenvalue weighted by molar-refractivity contribution is -0.121. The van der Waals surface area contributed by atoms with Crippen LogP contribution in [0.3, 0.4) is 0 Å². The Hall–Kier alpha value is -1.35. The summed E-state index contributed by atoms with van der Waals surface area (Å²) in [6.45, 7) is 13.0. The van der Waals surface area contributed by atoms with Gasteiger partial charge in [-0.2, -0.15) is 0 Å². The molecular formula is C20H32N2O. The summed E-state index contributed by atoms with van der Waals surface area (Å²) in [5, 5.41) is 3.17. The molecule has 0 aliphatic carbocycles. The van der Waals surface area contributed by atoms with Crippen molar-refractivity contribution in [1.29, 1.82) is 0 Å². The second-order valence-corrected chi connectivity index (χ2v) is 7.46. The maximum atomic E-state index is 12.7. The van der Waals surface area contributed by atoms with Crippen molar-refractivity contribution in [3.8, 4) is 0 Å². The normalized spacial score (nSPS) is 24.9. The van der Waals surface area contributed by atoms with Gasteiger partial charge in [-0.3, -0.25) is 9.69 Å². The van der Waals surface area contributed by atoms with E-state index in [1.54, 1.807) is 0 Å². The molecule has 23 heavy (non-hydrogen) atoms. The minimum Gasteiger partial charge on any atom is -0.324 e. The number of likely N-dealkylation sites (tertiary alicyclic amines) is 1. The van der Waals surface area contributed by atoms with Crippen molar-refractivity contribution in [2.75, 3.05) is 18.4 Å². The molecule has 128 valence electrons. The zero-order chi connectivity index (χ0) is 17.0. The highest BCUT2D eigenvalue weighted by Gasteiger charge is 2.29. The lowest BCUT2D eigenvalue weighted by atomic mass is 9.91. The van der Waals surface area contributed by atoms with E-state index in [1.807, 2.05) is 19.1 Å². The summed E-state index contributed by atoms with van der Waals surface area (Å²) in [7, 11) is 0. The molecule has 1 heterocycles. The number of piperidine rings is 1. The smallest absolute Gasteiger partial charge is 0.241 e. The predicted octanol–water partition coefficient (Wildman–Crippen LogP) is 4.51. The van der Waals surface area contributed by atoms with Crippen molar-refractivity contribution in [3.05, 3.63) is 29.8 Å². The van der Waals surface area contributed by atoms with E-state index in [0.29, 0.717) is 17.8 Å². The first-order valence-corrected chi connectivity index (χ1v) is 9.06. The SMILES string of the molecule is CCC(C)c1ccccc1NC(=O)C(C)N1CC(C)CC(C)C1. The molecule has 1 aliphatic heterocycles. The largest absolute Gasteiger partial charge is 0.324 e. The molecule has 3 nitrogen and oxygen atoms in total. The van der Waals surface area contributed by atoms with Crippen molar-refractivity contribution in [3.63, 3.8) is 0 Å². The third kappa shape index (κ3) is 4.57. The summed E-state index contributed by atoms with van der Waals surface area (Å²) in [5.41, 5.74) is 2.20. The first-order chi connectivity index (χ1) is 10.9. The van der Waals surface area contributed by atoms with Crippen LogP contribution in [0.2, 0.25) is 0 Å². The number of carbonyl (C=O) groups excluding carboxylic acids is 1. The molecule has 1 aliphatic rings. The Bertz CT molecular complexity index is 518. The summed E-state index contributed by atoms with van der Waals surface area (Å²) in [6, 6.07) is 8.11. The van der Waals surface area contributed by atoms with Crippen LogP contribution in [0.5, 0.6) is 0 Å². The highest BCUT2D eigenvalue weighted by atomic mass is 16.2. The van der Waals surface area contributed by atoms with Gasteiger partial charge < -0.3 is 5.32 Å². The number of carbonyl (C=O) groups is 1. The molecule has 1 aromatic rings. The number of benzene rings is 1. The number of nitrogens with one attached hydrogen (secondary N) is 1. The van der Waals surface area contributed by atoms with Crippen molar-refractivity contribution in [2.45, 2.75) is 59.4 Å². The fourth-order valence-corrected chi connectivity index (χ4v) is 3.69. The number of hydrogen-bond acceptors (Lipinski definition) is 2. The Balaban J connectivity index is 2.07. The maximum absolute atomic E-state index is 12.7. The Morgan fingerprint density at radius 2 is 1.83 bits per heavy atom. The van der Waals surface area contributed by atoms with Crippen LogP contribution in [0, 0.1) is 11.8 Å². The molecule has 2 rings (SSSR count). The van der Waals surface area contributed by atoms with E-state index in [0.717, 1.165) is 25.2 Å². The van der Waals surface area contributed by atoms with Crippen LogP contribution in [-0.2, 0) is 4.79 Å². The first kappa shape index (κ1) is 18.0. The van der Waals surface area contributed by atoms with Gasteiger partial charge in [-0.15, -0.1) is 0 Å². The van der Waals surface area contributed by atoms with Crippen LogP contribution < -0.4 is 5.32 Å². The van der Waals surface area contributed by atoms with Crippen LogP contribution >= 0.6 is 0 Å². The van der Waals surface area contributed by atoms with Gasteiger partial charge in [0.05, 0.1) is 6.04 Å². The average Bonchev–Trinajstić information content (AvgIpc) is 2.53. The Labute approximate surface area is 141 Å². The second kappa shape index (κ2) is 7.96. The molecule has 0 spiro atoms. The zero-order valence-corrected chi connectivity index (χ0v) is 15.3. The summed E-state index contributed by atoms with van der Waals surface area (Å²) in [5.74, 6) is 1.90. The fraction of sp³-hybridized carbons (Fsp3) is 0.650. The van der Waals surface area contributed by atoms with Gasteiger partial charge in [-0.05, 0) is 49.1 Å². The number of hydrogen-bond donors (Lipinski definition) is 1. The van der Waals surface area contributed by atoms with Crippen LogP contribution in [0.4, 0.5) is 5.69 Å². The van der Waals surface area contributed by atoms with Gasteiger partial charge in [0.2, 0.25) is 5.91 Å². The molecule has 4 unspecified atom stereocenters. The van der Waals surface area contributed by atoms with Gasteiger partial charge in [0.15, 0.2) is 0 Å². The molecule has 1 aromatic carbocycles. The van der Waals surface area contributed by atoms with Gasteiger partial charge in [-0.25, -0.2) is 0 Å². The monoisotopic (exact) mass is 316 g/mol. The summed E-state index contributed by atoms with van der Waals surface area (Å²) >= 11 is 0. The van der Waals surface area contributed by atoms with Gasteiger partial charge >= 0.3 is 0 Å². The molecule has 1 fully saturated rings. The van der Waals surface area contributed by atoms with Gasteiger partial charge in [0.1, 0.15) is 0 Å². The molecule has 0 bridgehead atoms. The van der Waals surface area contributed by atoms with Crippen molar-refractivity contribution >= 4 is 11.6 Å².